The van der Waals surface area contributed by atoms with Crippen LogP contribution in [-0.4, -0.2) is 29.1 Å². The summed E-state index contributed by atoms with van der Waals surface area (Å²) in [7, 11) is 0. The first kappa shape index (κ1) is 13.3. The maximum absolute atomic E-state index is 13.6. The molecule has 1 unspecified atom stereocenters. The fraction of sp³-hybridized carbons (Fsp3) is 0.462. The first-order chi connectivity index (χ1) is 8.42. The minimum atomic E-state index is -0.801. The quantitative estimate of drug-likeness (QED) is 0.919. The molecule has 0 amide bonds. The van der Waals surface area contributed by atoms with Gasteiger partial charge in [-0.15, -0.1) is 0 Å². The predicted octanol–water partition coefficient (Wildman–Crippen LogP) is 2.78. The van der Waals surface area contributed by atoms with Crippen molar-refractivity contribution < 1.29 is 14.3 Å². The zero-order valence-electron chi connectivity index (χ0n) is 10.1. The van der Waals surface area contributed by atoms with Crippen LogP contribution in [0.1, 0.15) is 18.9 Å². The van der Waals surface area contributed by atoms with Crippen molar-refractivity contribution in [3.8, 4) is 0 Å². The predicted molar refractivity (Wildman–Crippen MR) is 67.0 cm³/mol. The molecule has 1 aromatic rings. The second-order valence-electron chi connectivity index (χ2n) is 5.03. The van der Waals surface area contributed by atoms with Crippen LogP contribution in [0, 0.1) is 11.2 Å². The summed E-state index contributed by atoms with van der Waals surface area (Å²) in [5.41, 5.74) is -0.300. The number of carboxylic acids is 1. The highest BCUT2D eigenvalue weighted by Crippen LogP contribution is 2.32. The third-order valence-electron chi connectivity index (χ3n) is 3.51. The number of likely N-dealkylation sites (tertiary alicyclic amines) is 1. The van der Waals surface area contributed by atoms with E-state index in [4.69, 9.17) is 16.7 Å². The van der Waals surface area contributed by atoms with Crippen LogP contribution < -0.4 is 0 Å². The Labute approximate surface area is 110 Å². The molecule has 0 spiro atoms. The van der Waals surface area contributed by atoms with Crippen LogP contribution in [-0.2, 0) is 11.3 Å². The first-order valence-corrected chi connectivity index (χ1v) is 6.19. The van der Waals surface area contributed by atoms with Crippen LogP contribution in [0.4, 0.5) is 4.39 Å². The molecule has 3 nitrogen and oxygen atoms in total. The Hall–Kier alpha value is -1.13. The van der Waals surface area contributed by atoms with Gasteiger partial charge in [0.05, 0.1) is 5.41 Å². The Morgan fingerprint density at radius 2 is 2.33 bits per heavy atom. The second-order valence-corrected chi connectivity index (χ2v) is 5.43. The van der Waals surface area contributed by atoms with E-state index in [9.17, 15) is 9.18 Å². The number of carbonyl (C=O) groups is 1. The van der Waals surface area contributed by atoms with Gasteiger partial charge in [-0.2, -0.15) is 0 Å². The average Bonchev–Trinajstić information content (AvgIpc) is 2.67. The molecule has 0 radical (unpaired) electrons. The van der Waals surface area contributed by atoms with E-state index in [0.717, 1.165) is 0 Å². The summed E-state index contributed by atoms with van der Waals surface area (Å²) in [6.07, 6.45) is 0.578. The highest BCUT2D eigenvalue weighted by atomic mass is 35.5. The lowest BCUT2D eigenvalue weighted by atomic mass is 9.90. The van der Waals surface area contributed by atoms with Gasteiger partial charge in [0.1, 0.15) is 5.82 Å². The molecule has 0 bridgehead atoms. The van der Waals surface area contributed by atoms with Crippen LogP contribution >= 0.6 is 11.6 Å². The Morgan fingerprint density at radius 1 is 1.61 bits per heavy atom. The number of aliphatic carboxylic acids is 1. The van der Waals surface area contributed by atoms with Crippen LogP contribution in [0.3, 0.4) is 0 Å². The molecule has 1 aromatic carbocycles. The molecule has 1 saturated heterocycles. The zero-order chi connectivity index (χ0) is 13.3. The van der Waals surface area contributed by atoms with Crippen LogP contribution in [0.2, 0.25) is 5.02 Å². The fourth-order valence-corrected chi connectivity index (χ4v) is 2.50. The van der Waals surface area contributed by atoms with Crippen molar-refractivity contribution in [2.75, 3.05) is 13.1 Å². The first-order valence-electron chi connectivity index (χ1n) is 5.81. The molecule has 98 valence electrons. The molecular formula is C13H15ClFNO2. The van der Waals surface area contributed by atoms with E-state index in [-0.39, 0.29) is 5.82 Å². The summed E-state index contributed by atoms with van der Waals surface area (Å²) in [5, 5.41) is 9.53. The molecular weight excluding hydrogens is 257 g/mol. The maximum atomic E-state index is 13.6. The lowest BCUT2D eigenvalue weighted by Gasteiger charge is -2.20. The van der Waals surface area contributed by atoms with E-state index in [1.165, 1.54) is 6.07 Å². The van der Waals surface area contributed by atoms with Gasteiger partial charge in [-0.05, 0) is 32.0 Å². The number of nitrogens with zero attached hydrogens (tertiary/aromatic N) is 1. The molecule has 0 aromatic heterocycles. The smallest absolute Gasteiger partial charge is 0.310 e. The van der Waals surface area contributed by atoms with Crippen molar-refractivity contribution in [3.05, 3.63) is 34.6 Å². The summed E-state index contributed by atoms with van der Waals surface area (Å²) in [6.45, 7) is 3.15. The molecule has 0 aliphatic carbocycles. The Kier molecular flexibility index (Phi) is 3.59. The molecule has 1 aliphatic heterocycles. The SMILES string of the molecule is CC1(C(=O)O)CCN(Cc2c(F)cccc2Cl)C1. The van der Waals surface area contributed by atoms with Crippen molar-refractivity contribution in [2.24, 2.45) is 5.41 Å². The van der Waals surface area contributed by atoms with Crippen LogP contribution in [0.5, 0.6) is 0 Å². The van der Waals surface area contributed by atoms with E-state index >= 15 is 0 Å². The third kappa shape index (κ3) is 2.49. The molecule has 1 fully saturated rings. The summed E-state index contributed by atoms with van der Waals surface area (Å²) in [5.74, 6) is -1.14. The topological polar surface area (TPSA) is 40.5 Å². The average molecular weight is 272 g/mol. The Bertz CT molecular complexity index is 460. The van der Waals surface area contributed by atoms with Crippen molar-refractivity contribution >= 4 is 17.6 Å². The van der Waals surface area contributed by atoms with Gasteiger partial charge in [0.2, 0.25) is 0 Å². The molecule has 1 aliphatic rings. The minimum absolute atomic E-state index is 0.341. The van der Waals surface area contributed by atoms with Gasteiger partial charge in [0.15, 0.2) is 0 Å². The summed E-state index contributed by atoms with van der Waals surface area (Å²) in [4.78, 5) is 13.1. The van der Waals surface area contributed by atoms with Crippen LogP contribution in [0.15, 0.2) is 18.2 Å². The van der Waals surface area contributed by atoms with Crippen molar-refractivity contribution in [1.82, 2.24) is 4.90 Å². The number of hydrogen-bond donors (Lipinski definition) is 1. The van der Waals surface area contributed by atoms with E-state index in [2.05, 4.69) is 0 Å². The molecule has 1 atom stereocenters. The number of carboxylic acid groups (broad SMARTS) is 1. The molecule has 1 N–H and O–H groups in total. The van der Waals surface area contributed by atoms with Crippen LogP contribution in [0.25, 0.3) is 0 Å². The Morgan fingerprint density at radius 3 is 2.89 bits per heavy atom. The standard InChI is InChI=1S/C13H15ClFNO2/c1-13(12(17)18)5-6-16(8-13)7-9-10(14)3-2-4-11(9)15/h2-4H,5-8H2,1H3,(H,17,18). The van der Waals surface area contributed by atoms with Gasteiger partial charge in [-0.1, -0.05) is 17.7 Å². The van der Waals surface area contributed by atoms with E-state index in [1.54, 1.807) is 19.1 Å². The third-order valence-corrected chi connectivity index (χ3v) is 3.87. The highest BCUT2D eigenvalue weighted by molar-refractivity contribution is 6.31. The normalized spacial score (nSPS) is 24.4. The van der Waals surface area contributed by atoms with Gasteiger partial charge in [-0.25, -0.2) is 4.39 Å². The molecule has 5 heteroatoms. The number of rotatable bonds is 3. The van der Waals surface area contributed by atoms with Crippen molar-refractivity contribution in [2.45, 2.75) is 19.9 Å². The van der Waals surface area contributed by atoms with Crippen molar-refractivity contribution in [1.29, 1.82) is 0 Å². The lowest BCUT2D eigenvalue weighted by molar-refractivity contribution is -0.147. The van der Waals surface area contributed by atoms with Gasteiger partial charge in [0, 0.05) is 23.7 Å². The van der Waals surface area contributed by atoms with Gasteiger partial charge < -0.3 is 5.11 Å². The molecule has 1 heterocycles. The second kappa shape index (κ2) is 4.86. The monoisotopic (exact) mass is 271 g/mol. The molecule has 18 heavy (non-hydrogen) atoms. The molecule has 2 rings (SSSR count). The Balaban J connectivity index is 2.11. The fourth-order valence-electron chi connectivity index (χ4n) is 2.27. The van der Waals surface area contributed by atoms with Crippen molar-refractivity contribution in [3.63, 3.8) is 0 Å². The number of benzene rings is 1. The molecule has 0 saturated carbocycles. The largest absolute Gasteiger partial charge is 0.481 e. The number of halogens is 2. The van der Waals surface area contributed by atoms with Gasteiger partial charge >= 0.3 is 5.97 Å². The maximum Gasteiger partial charge on any atom is 0.310 e. The lowest BCUT2D eigenvalue weighted by Crippen LogP contribution is -2.31. The highest BCUT2D eigenvalue weighted by Gasteiger charge is 2.40. The minimum Gasteiger partial charge on any atom is -0.481 e. The summed E-state index contributed by atoms with van der Waals surface area (Å²) < 4.78 is 13.6. The van der Waals surface area contributed by atoms with Gasteiger partial charge in [0.25, 0.3) is 0 Å². The van der Waals surface area contributed by atoms with E-state index < -0.39 is 11.4 Å². The van der Waals surface area contributed by atoms with E-state index in [0.29, 0.717) is 36.6 Å². The zero-order valence-corrected chi connectivity index (χ0v) is 10.9. The summed E-state index contributed by atoms with van der Waals surface area (Å²) in [6, 6.07) is 4.58. The van der Waals surface area contributed by atoms with Gasteiger partial charge in [-0.3, -0.25) is 9.69 Å². The number of hydrogen-bond acceptors (Lipinski definition) is 2. The van der Waals surface area contributed by atoms with E-state index in [1.807, 2.05) is 4.90 Å². The summed E-state index contributed by atoms with van der Waals surface area (Å²) >= 11 is 5.96.